The highest BCUT2D eigenvalue weighted by Crippen LogP contribution is 2.38. The summed E-state index contributed by atoms with van der Waals surface area (Å²) in [6.07, 6.45) is 7.02. The summed E-state index contributed by atoms with van der Waals surface area (Å²) in [5.74, 6) is 1.96. The Morgan fingerprint density at radius 2 is 1.14 bits per heavy atom. The number of carbonyl (C=O) groups is 2. The first-order valence-corrected chi connectivity index (χ1v) is 8.69. The van der Waals surface area contributed by atoms with Crippen molar-refractivity contribution in [1.29, 1.82) is 0 Å². The van der Waals surface area contributed by atoms with Crippen molar-refractivity contribution in [3.8, 4) is 0 Å². The van der Waals surface area contributed by atoms with E-state index in [2.05, 4.69) is 26.0 Å². The molecule has 0 unspecified atom stereocenters. The van der Waals surface area contributed by atoms with Crippen molar-refractivity contribution in [2.75, 3.05) is 0 Å². The van der Waals surface area contributed by atoms with Gasteiger partial charge in [-0.15, -0.1) is 0 Å². The first-order valence-electron chi connectivity index (χ1n) is 8.69. The van der Waals surface area contributed by atoms with E-state index in [9.17, 15) is 9.59 Å². The highest BCUT2D eigenvalue weighted by Gasteiger charge is 2.25. The molecule has 2 saturated carbocycles. The summed E-state index contributed by atoms with van der Waals surface area (Å²) < 4.78 is 0. The average molecular weight is 298 g/mol. The Labute approximate surface area is 133 Å². The quantitative estimate of drug-likeness (QED) is 0.789. The van der Waals surface area contributed by atoms with Crippen molar-refractivity contribution in [2.45, 2.75) is 77.0 Å². The molecule has 0 atom stereocenters. The maximum Gasteiger partial charge on any atom is 0.132 e. The normalized spacial score (nSPS) is 21.4. The molecule has 0 N–H and O–H groups in total. The van der Waals surface area contributed by atoms with E-state index in [1.807, 2.05) is 0 Å². The van der Waals surface area contributed by atoms with Gasteiger partial charge in [-0.3, -0.25) is 9.59 Å². The zero-order valence-corrected chi connectivity index (χ0v) is 13.8. The van der Waals surface area contributed by atoms with Gasteiger partial charge < -0.3 is 0 Å². The SMILES string of the molecule is Cc1cc(C2CCC(=O)CC2)cc(C)c1C1CCC(=O)CC1. The van der Waals surface area contributed by atoms with E-state index in [-0.39, 0.29) is 0 Å². The molecule has 22 heavy (non-hydrogen) atoms. The highest BCUT2D eigenvalue weighted by molar-refractivity contribution is 5.79. The third kappa shape index (κ3) is 3.16. The largest absolute Gasteiger partial charge is 0.300 e. The second kappa shape index (κ2) is 6.36. The van der Waals surface area contributed by atoms with E-state index in [0.29, 0.717) is 23.4 Å². The number of hydrogen-bond acceptors (Lipinski definition) is 2. The predicted molar refractivity (Wildman–Crippen MR) is 88.3 cm³/mol. The maximum absolute atomic E-state index is 11.5. The zero-order chi connectivity index (χ0) is 15.7. The topological polar surface area (TPSA) is 34.1 Å². The van der Waals surface area contributed by atoms with E-state index in [1.165, 1.54) is 22.3 Å². The van der Waals surface area contributed by atoms with Gasteiger partial charge in [0, 0.05) is 25.7 Å². The second-order valence-corrected chi connectivity index (χ2v) is 7.19. The van der Waals surface area contributed by atoms with Crippen LogP contribution < -0.4 is 0 Å². The Balaban J connectivity index is 1.82. The second-order valence-electron chi connectivity index (χ2n) is 7.19. The van der Waals surface area contributed by atoms with Gasteiger partial charge in [0.1, 0.15) is 11.6 Å². The van der Waals surface area contributed by atoms with Crippen LogP contribution in [0.2, 0.25) is 0 Å². The maximum atomic E-state index is 11.5. The smallest absolute Gasteiger partial charge is 0.132 e. The number of aryl methyl sites for hydroxylation is 2. The molecule has 0 amide bonds. The first-order chi connectivity index (χ1) is 10.5. The van der Waals surface area contributed by atoms with Crippen molar-refractivity contribution in [3.63, 3.8) is 0 Å². The molecule has 0 heterocycles. The number of Topliss-reactive ketones (excluding diaryl/α,β-unsaturated/α-hetero) is 2. The van der Waals surface area contributed by atoms with E-state index >= 15 is 0 Å². The molecule has 2 aliphatic carbocycles. The number of rotatable bonds is 2. The predicted octanol–water partition coefficient (Wildman–Crippen LogP) is 4.76. The third-order valence-electron chi connectivity index (χ3n) is 5.58. The molecule has 118 valence electrons. The lowest BCUT2D eigenvalue weighted by atomic mass is 9.77. The molecule has 2 nitrogen and oxygen atoms in total. The molecule has 2 heteroatoms. The van der Waals surface area contributed by atoms with Crippen LogP contribution >= 0.6 is 0 Å². The lowest BCUT2D eigenvalue weighted by Gasteiger charge is -2.27. The summed E-state index contributed by atoms with van der Waals surface area (Å²) >= 11 is 0. The minimum atomic E-state index is 0.424. The van der Waals surface area contributed by atoms with E-state index < -0.39 is 0 Å². The number of carbonyl (C=O) groups excluding carboxylic acids is 2. The van der Waals surface area contributed by atoms with Gasteiger partial charge in [0.25, 0.3) is 0 Å². The summed E-state index contributed by atoms with van der Waals surface area (Å²) in [5.41, 5.74) is 5.65. The highest BCUT2D eigenvalue weighted by atomic mass is 16.1. The minimum Gasteiger partial charge on any atom is -0.300 e. The van der Waals surface area contributed by atoms with Gasteiger partial charge >= 0.3 is 0 Å². The van der Waals surface area contributed by atoms with E-state index in [1.54, 1.807) is 0 Å². The summed E-state index contributed by atoms with van der Waals surface area (Å²) in [4.78, 5) is 22.9. The van der Waals surface area contributed by atoms with Gasteiger partial charge in [0.15, 0.2) is 0 Å². The van der Waals surface area contributed by atoms with Crippen LogP contribution in [0, 0.1) is 13.8 Å². The van der Waals surface area contributed by atoms with Gasteiger partial charge in [0.2, 0.25) is 0 Å². The lowest BCUT2D eigenvalue weighted by Crippen LogP contribution is -2.16. The van der Waals surface area contributed by atoms with Gasteiger partial charge in [-0.1, -0.05) is 12.1 Å². The number of hydrogen-bond donors (Lipinski definition) is 0. The van der Waals surface area contributed by atoms with Crippen LogP contribution in [-0.4, -0.2) is 11.6 Å². The average Bonchev–Trinajstić information content (AvgIpc) is 2.49. The fourth-order valence-electron chi connectivity index (χ4n) is 4.39. The molecule has 0 aromatic heterocycles. The Morgan fingerprint density at radius 1 is 0.727 bits per heavy atom. The van der Waals surface area contributed by atoms with Crippen molar-refractivity contribution in [2.24, 2.45) is 0 Å². The van der Waals surface area contributed by atoms with Crippen LogP contribution in [0.3, 0.4) is 0 Å². The molecule has 0 radical (unpaired) electrons. The first kappa shape index (κ1) is 15.5. The van der Waals surface area contributed by atoms with Crippen LogP contribution in [0.1, 0.15) is 85.5 Å². The lowest BCUT2D eigenvalue weighted by molar-refractivity contribution is -0.121. The van der Waals surface area contributed by atoms with Crippen LogP contribution in [0.4, 0.5) is 0 Å². The van der Waals surface area contributed by atoms with Crippen LogP contribution in [-0.2, 0) is 9.59 Å². The number of benzene rings is 1. The van der Waals surface area contributed by atoms with Crippen LogP contribution in [0.5, 0.6) is 0 Å². The number of ketones is 2. The summed E-state index contributed by atoms with van der Waals surface area (Å²) in [7, 11) is 0. The van der Waals surface area contributed by atoms with Gasteiger partial charge in [-0.25, -0.2) is 0 Å². The van der Waals surface area contributed by atoms with Gasteiger partial charge in [0.05, 0.1) is 0 Å². The molecule has 0 saturated heterocycles. The van der Waals surface area contributed by atoms with Crippen LogP contribution in [0.25, 0.3) is 0 Å². The minimum absolute atomic E-state index is 0.424. The Kier molecular flexibility index (Phi) is 4.46. The molecule has 3 rings (SSSR count). The van der Waals surface area contributed by atoms with Crippen LogP contribution in [0.15, 0.2) is 12.1 Å². The fourth-order valence-corrected chi connectivity index (χ4v) is 4.39. The zero-order valence-electron chi connectivity index (χ0n) is 13.8. The molecular weight excluding hydrogens is 272 g/mol. The van der Waals surface area contributed by atoms with E-state index in [4.69, 9.17) is 0 Å². The monoisotopic (exact) mass is 298 g/mol. The third-order valence-corrected chi connectivity index (χ3v) is 5.58. The Bertz CT molecular complexity index is 557. The molecule has 2 fully saturated rings. The standard InChI is InChI=1S/C20H26O2/c1-13-11-17(15-3-7-18(21)8-4-15)12-14(2)20(13)16-5-9-19(22)10-6-16/h11-12,15-16H,3-10H2,1-2H3. The van der Waals surface area contributed by atoms with Gasteiger partial charge in [-0.05, 0) is 73.6 Å². The van der Waals surface area contributed by atoms with Crippen molar-refractivity contribution < 1.29 is 9.59 Å². The molecule has 0 spiro atoms. The fraction of sp³-hybridized carbons (Fsp3) is 0.600. The Hall–Kier alpha value is -1.44. The van der Waals surface area contributed by atoms with Crippen molar-refractivity contribution in [3.05, 3.63) is 34.4 Å². The summed E-state index contributed by atoms with van der Waals surface area (Å²) in [5, 5.41) is 0. The van der Waals surface area contributed by atoms with E-state index in [0.717, 1.165) is 51.4 Å². The molecule has 1 aromatic carbocycles. The van der Waals surface area contributed by atoms with Gasteiger partial charge in [-0.2, -0.15) is 0 Å². The summed E-state index contributed by atoms with van der Waals surface area (Å²) in [6, 6.07) is 4.69. The molecule has 0 bridgehead atoms. The van der Waals surface area contributed by atoms with Crippen molar-refractivity contribution >= 4 is 11.6 Å². The van der Waals surface area contributed by atoms with Crippen molar-refractivity contribution in [1.82, 2.24) is 0 Å². The molecule has 2 aliphatic rings. The Morgan fingerprint density at radius 3 is 1.59 bits per heavy atom. The summed E-state index contributed by atoms with van der Waals surface area (Å²) in [6.45, 7) is 4.44. The molecular formula is C20H26O2. The molecule has 1 aromatic rings. The molecule has 0 aliphatic heterocycles.